The third-order valence-corrected chi connectivity index (χ3v) is 5.17. The highest BCUT2D eigenvalue weighted by atomic mass is 32.1. The molecule has 2 aromatic rings. The summed E-state index contributed by atoms with van der Waals surface area (Å²) in [6.45, 7) is 0.699. The van der Waals surface area contributed by atoms with E-state index in [0.29, 0.717) is 12.6 Å². The number of aromatic nitrogens is 1. The maximum Gasteiger partial charge on any atom is 0.163 e. The number of hydrogen-bond acceptors (Lipinski definition) is 4. The van der Waals surface area contributed by atoms with Gasteiger partial charge in [0.25, 0.3) is 0 Å². The Morgan fingerprint density at radius 1 is 1.17 bits per heavy atom. The SMILES string of the molecule is COc1ccc(N2Cc3ncccc3C2=S)cc1OC1CCCC1. The molecule has 0 unspecified atom stereocenters. The molecule has 1 aromatic carbocycles. The minimum Gasteiger partial charge on any atom is -0.493 e. The number of pyridine rings is 1. The van der Waals surface area contributed by atoms with Crippen LogP contribution in [0.2, 0.25) is 0 Å². The quantitative estimate of drug-likeness (QED) is 0.783. The van der Waals surface area contributed by atoms with Crippen LogP contribution < -0.4 is 14.4 Å². The van der Waals surface area contributed by atoms with Crippen molar-refractivity contribution in [2.45, 2.75) is 38.3 Å². The summed E-state index contributed by atoms with van der Waals surface area (Å²) in [5.74, 6) is 1.57. The van der Waals surface area contributed by atoms with E-state index in [0.717, 1.165) is 46.3 Å². The molecule has 0 radical (unpaired) electrons. The predicted octanol–water partition coefficient (Wildman–Crippen LogP) is 4.11. The number of nitrogens with zero attached hydrogens (tertiary/aromatic N) is 2. The second-order valence-corrected chi connectivity index (χ2v) is 6.64. The second-order valence-electron chi connectivity index (χ2n) is 6.25. The van der Waals surface area contributed by atoms with Crippen molar-refractivity contribution in [3.05, 3.63) is 47.8 Å². The molecule has 1 saturated carbocycles. The molecule has 0 N–H and O–H groups in total. The molecule has 24 heavy (non-hydrogen) atoms. The van der Waals surface area contributed by atoms with Gasteiger partial charge in [-0.05, 0) is 49.9 Å². The lowest BCUT2D eigenvalue weighted by Gasteiger charge is -2.21. The van der Waals surface area contributed by atoms with Gasteiger partial charge in [-0.15, -0.1) is 0 Å². The lowest BCUT2D eigenvalue weighted by Crippen LogP contribution is -2.22. The van der Waals surface area contributed by atoms with Crippen molar-refractivity contribution in [2.75, 3.05) is 12.0 Å². The van der Waals surface area contributed by atoms with E-state index in [2.05, 4.69) is 9.88 Å². The molecule has 0 atom stereocenters. The third kappa shape index (κ3) is 2.73. The lowest BCUT2D eigenvalue weighted by molar-refractivity contribution is 0.201. The zero-order chi connectivity index (χ0) is 16.5. The Morgan fingerprint density at radius 3 is 2.75 bits per heavy atom. The largest absolute Gasteiger partial charge is 0.493 e. The van der Waals surface area contributed by atoms with E-state index in [-0.39, 0.29) is 0 Å². The smallest absolute Gasteiger partial charge is 0.163 e. The molecule has 0 bridgehead atoms. The number of ether oxygens (including phenoxy) is 2. The van der Waals surface area contributed by atoms with E-state index < -0.39 is 0 Å². The van der Waals surface area contributed by atoms with E-state index in [1.165, 1.54) is 12.8 Å². The Kier molecular flexibility index (Phi) is 4.10. The monoisotopic (exact) mass is 340 g/mol. The van der Waals surface area contributed by atoms with Crippen molar-refractivity contribution in [1.82, 2.24) is 4.98 Å². The molecule has 0 saturated heterocycles. The normalized spacial score (nSPS) is 17.2. The van der Waals surface area contributed by atoms with E-state index in [1.54, 1.807) is 7.11 Å². The third-order valence-electron chi connectivity index (χ3n) is 4.73. The number of anilines is 1. The molecule has 0 spiro atoms. The highest BCUT2D eigenvalue weighted by molar-refractivity contribution is 7.81. The minimum absolute atomic E-state index is 0.290. The van der Waals surface area contributed by atoms with E-state index in [4.69, 9.17) is 21.7 Å². The Morgan fingerprint density at radius 2 is 2.00 bits per heavy atom. The first-order chi connectivity index (χ1) is 11.8. The number of methoxy groups -OCH3 is 1. The molecule has 1 fully saturated rings. The van der Waals surface area contributed by atoms with Crippen molar-refractivity contribution in [3.8, 4) is 11.5 Å². The van der Waals surface area contributed by atoms with Crippen LogP contribution in [0.3, 0.4) is 0 Å². The van der Waals surface area contributed by atoms with Crippen LogP contribution in [0.5, 0.6) is 11.5 Å². The van der Waals surface area contributed by atoms with Crippen LogP contribution in [-0.2, 0) is 6.54 Å². The van der Waals surface area contributed by atoms with Crippen molar-refractivity contribution in [2.24, 2.45) is 0 Å². The molecule has 0 amide bonds. The maximum atomic E-state index is 6.20. The summed E-state index contributed by atoms with van der Waals surface area (Å²) in [4.78, 5) is 7.36. The lowest BCUT2D eigenvalue weighted by atomic mass is 10.2. The molecule has 4 nitrogen and oxygen atoms in total. The van der Waals surface area contributed by atoms with Gasteiger partial charge in [0.1, 0.15) is 4.99 Å². The predicted molar refractivity (Wildman–Crippen MR) is 98.0 cm³/mol. The summed E-state index contributed by atoms with van der Waals surface area (Å²) in [7, 11) is 1.68. The topological polar surface area (TPSA) is 34.6 Å². The number of benzene rings is 1. The van der Waals surface area contributed by atoms with Crippen molar-refractivity contribution in [1.29, 1.82) is 0 Å². The Bertz CT molecular complexity index is 772. The van der Waals surface area contributed by atoms with Gasteiger partial charge in [-0.2, -0.15) is 0 Å². The Labute approximate surface area is 147 Å². The van der Waals surface area contributed by atoms with Gasteiger partial charge in [0, 0.05) is 23.5 Å². The highest BCUT2D eigenvalue weighted by Gasteiger charge is 2.27. The van der Waals surface area contributed by atoms with Crippen LogP contribution in [-0.4, -0.2) is 23.2 Å². The molecule has 1 aromatic heterocycles. The molecule has 4 rings (SSSR count). The summed E-state index contributed by atoms with van der Waals surface area (Å²) >= 11 is 5.64. The number of hydrogen-bond donors (Lipinski definition) is 0. The van der Waals surface area contributed by atoms with E-state index >= 15 is 0 Å². The molecule has 124 valence electrons. The zero-order valence-electron chi connectivity index (χ0n) is 13.7. The Hall–Kier alpha value is -2.14. The van der Waals surface area contributed by atoms with Gasteiger partial charge in [-0.3, -0.25) is 4.98 Å². The standard InChI is InChI=1S/C19H20N2O2S/c1-22-17-9-8-13(11-18(17)23-14-5-2-3-6-14)21-12-16-15(19(21)24)7-4-10-20-16/h4,7-11,14H,2-3,5-6,12H2,1H3. The summed E-state index contributed by atoms with van der Waals surface area (Å²) < 4.78 is 11.7. The first-order valence-electron chi connectivity index (χ1n) is 8.36. The fraction of sp³-hybridized carbons (Fsp3) is 0.368. The van der Waals surface area contributed by atoms with Crippen LogP contribution in [0.4, 0.5) is 5.69 Å². The van der Waals surface area contributed by atoms with Crippen LogP contribution in [0.1, 0.15) is 36.9 Å². The fourth-order valence-electron chi connectivity index (χ4n) is 3.45. The van der Waals surface area contributed by atoms with Crippen LogP contribution >= 0.6 is 12.2 Å². The van der Waals surface area contributed by atoms with Crippen LogP contribution in [0.25, 0.3) is 0 Å². The molecule has 2 aliphatic rings. The van der Waals surface area contributed by atoms with Gasteiger partial charge in [0.15, 0.2) is 11.5 Å². The first kappa shape index (κ1) is 15.4. The number of fused-ring (bicyclic) bond motifs is 1. The van der Waals surface area contributed by atoms with Crippen LogP contribution in [0.15, 0.2) is 36.5 Å². The molecular formula is C19H20N2O2S. The molecule has 1 aliphatic heterocycles. The molecule has 5 heteroatoms. The van der Waals surface area contributed by atoms with Gasteiger partial charge in [0.05, 0.1) is 25.5 Å². The van der Waals surface area contributed by atoms with Crippen molar-refractivity contribution >= 4 is 22.9 Å². The first-order valence-corrected chi connectivity index (χ1v) is 8.77. The van der Waals surface area contributed by atoms with Crippen molar-refractivity contribution in [3.63, 3.8) is 0 Å². The number of rotatable bonds is 4. The summed E-state index contributed by atoms with van der Waals surface area (Å²) in [6, 6.07) is 9.98. The number of thiocarbonyl (C=S) groups is 1. The van der Waals surface area contributed by atoms with E-state index in [9.17, 15) is 0 Å². The average molecular weight is 340 g/mol. The molecule has 2 heterocycles. The Balaban J connectivity index is 1.63. The van der Waals surface area contributed by atoms with Gasteiger partial charge < -0.3 is 14.4 Å². The fourth-order valence-corrected chi connectivity index (χ4v) is 3.80. The maximum absolute atomic E-state index is 6.20. The summed E-state index contributed by atoms with van der Waals surface area (Å²) in [5.41, 5.74) is 3.09. The molecule has 1 aliphatic carbocycles. The van der Waals surface area contributed by atoms with Gasteiger partial charge >= 0.3 is 0 Å². The minimum atomic E-state index is 0.290. The molecular weight excluding hydrogens is 320 g/mol. The highest BCUT2D eigenvalue weighted by Crippen LogP contribution is 2.37. The van der Waals surface area contributed by atoms with Crippen LogP contribution in [0, 0.1) is 0 Å². The van der Waals surface area contributed by atoms with Crippen molar-refractivity contribution < 1.29 is 9.47 Å². The van der Waals surface area contributed by atoms with Gasteiger partial charge in [0.2, 0.25) is 0 Å². The van der Waals surface area contributed by atoms with Gasteiger partial charge in [-0.1, -0.05) is 12.2 Å². The van der Waals surface area contributed by atoms with E-state index in [1.807, 2.05) is 36.5 Å². The average Bonchev–Trinajstić information content (AvgIpc) is 3.23. The summed E-state index contributed by atoms with van der Waals surface area (Å²) in [6.07, 6.45) is 6.82. The zero-order valence-corrected chi connectivity index (χ0v) is 14.5. The summed E-state index contributed by atoms with van der Waals surface area (Å²) in [5, 5.41) is 0. The van der Waals surface area contributed by atoms with Gasteiger partial charge in [-0.25, -0.2) is 0 Å². The second kappa shape index (κ2) is 6.40.